The van der Waals surface area contributed by atoms with E-state index >= 15 is 0 Å². The quantitative estimate of drug-likeness (QED) is 0.184. The number of anilines is 1. The van der Waals surface area contributed by atoms with Gasteiger partial charge in [-0.2, -0.15) is 5.26 Å². The third kappa shape index (κ3) is 10.4. The molecule has 1 heterocycles. The Morgan fingerprint density at radius 3 is 1.86 bits per heavy atom. The van der Waals surface area contributed by atoms with Crippen molar-refractivity contribution < 1.29 is 58.8 Å². The van der Waals surface area contributed by atoms with Gasteiger partial charge in [0.15, 0.2) is 0 Å². The third-order valence-electron chi connectivity index (χ3n) is 8.26. The molecule has 0 bridgehead atoms. The van der Waals surface area contributed by atoms with Gasteiger partial charge in [-0.05, 0) is 81.2 Å². The summed E-state index contributed by atoms with van der Waals surface area (Å²) in [4.78, 5) is 25.3. The minimum Gasteiger partial charge on any atom is -0.550 e. The molecule has 12 heteroatoms. The smallest absolute Gasteiger partial charge is 0.550 e. The van der Waals surface area contributed by atoms with Crippen LogP contribution in [-0.2, 0) is 4.79 Å². The molecule has 2 atom stereocenters. The largest absolute Gasteiger partial charge is 1.00 e. The molecule has 0 radical (unpaired) electrons. The maximum atomic E-state index is 11.9. The predicted molar refractivity (Wildman–Crippen MR) is 194 cm³/mol. The van der Waals surface area contributed by atoms with Gasteiger partial charge in [0.2, 0.25) is 0 Å². The molecule has 2 amide bonds. The zero-order valence-electron chi connectivity index (χ0n) is 29.2. The third-order valence-corrected chi connectivity index (χ3v) is 8.51. The molecular formula is C39H38ClN4NaO6. The van der Waals surface area contributed by atoms with Crippen molar-refractivity contribution in [3.05, 3.63) is 113 Å². The van der Waals surface area contributed by atoms with Gasteiger partial charge in [-0.25, -0.2) is 9.69 Å². The fraction of sp³-hybridized carbons (Fsp3) is 0.231. The molecule has 1 aliphatic heterocycles. The van der Waals surface area contributed by atoms with E-state index in [1.807, 2.05) is 67.6 Å². The van der Waals surface area contributed by atoms with Crippen LogP contribution < -0.4 is 49.0 Å². The van der Waals surface area contributed by atoms with Gasteiger partial charge < -0.3 is 29.4 Å². The summed E-state index contributed by atoms with van der Waals surface area (Å²) in [5.74, 6) is 0.354. The van der Waals surface area contributed by atoms with Crippen LogP contribution in [0, 0.1) is 16.7 Å². The number of aliphatic carboxylic acids is 1. The van der Waals surface area contributed by atoms with Gasteiger partial charge in [0.05, 0.1) is 32.5 Å². The number of benzene rings is 5. The van der Waals surface area contributed by atoms with E-state index in [1.54, 1.807) is 45.4 Å². The van der Waals surface area contributed by atoms with Crippen LogP contribution in [0.5, 0.6) is 11.5 Å². The average molecular weight is 717 g/mol. The van der Waals surface area contributed by atoms with Crippen LogP contribution in [-0.4, -0.2) is 61.8 Å². The number of hydrogen-bond acceptors (Lipinski definition) is 8. The summed E-state index contributed by atoms with van der Waals surface area (Å²) < 4.78 is 10.3. The monoisotopic (exact) mass is 716 g/mol. The van der Waals surface area contributed by atoms with E-state index in [9.17, 15) is 14.7 Å². The molecular weight excluding hydrogens is 679 g/mol. The molecule has 5 aromatic carbocycles. The molecule has 0 spiro atoms. The SMILES string of the molecule is COc1ccc2cc([C@H](C)C(=O)[O-])ccc2c1.COc1ccc2cc([C@H](C)CO)ccc2c1.N#CCN1CC(=N)N(c2ccc(Cl)cc2)C1=O.[Na+]. The molecule has 0 aromatic heterocycles. The van der Waals surface area contributed by atoms with Crippen LogP contribution in [0.2, 0.25) is 5.02 Å². The normalized spacial score (nSPS) is 13.2. The first-order chi connectivity index (χ1) is 24.0. The van der Waals surface area contributed by atoms with Crippen molar-refractivity contribution in [1.82, 2.24) is 4.90 Å². The van der Waals surface area contributed by atoms with E-state index in [2.05, 4.69) is 18.2 Å². The number of nitrogens with zero attached hydrogens (tertiary/aromatic N) is 3. The maximum Gasteiger partial charge on any atom is 1.00 e. The number of rotatable bonds is 8. The fourth-order valence-corrected chi connectivity index (χ4v) is 5.32. The van der Waals surface area contributed by atoms with Gasteiger partial charge in [-0.3, -0.25) is 5.41 Å². The molecule has 0 unspecified atom stereocenters. The minimum absolute atomic E-state index is 0. The average Bonchev–Trinajstić information content (AvgIpc) is 3.42. The van der Waals surface area contributed by atoms with Crippen molar-refractivity contribution in [2.45, 2.75) is 25.7 Å². The number of carboxylic acids is 1. The van der Waals surface area contributed by atoms with Crippen molar-refractivity contribution in [2.75, 3.05) is 38.8 Å². The van der Waals surface area contributed by atoms with E-state index in [-0.39, 0.29) is 67.0 Å². The van der Waals surface area contributed by atoms with Crippen LogP contribution >= 0.6 is 11.6 Å². The number of carboxylic acid groups (broad SMARTS) is 1. The van der Waals surface area contributed by atoms with Crippen molar-refractivity contribution >= 4 is 56.7 Å². The Balaban J connectivity index is 0.000000205. The number of methoxy groups -OCH3 is 2. The van der Waals surface area contributed by atoms with Crippen LogP contribution in [0.1, 0.15) is 36.8 Å². The Hall–Kier alpha value is -4.63. The first kappa shape index (κ1) is 40.8. The Kier molecular flexibility index (Phi) is 15.3. The van der Waals surface area contributed by atoms with E-state index in [4.69, 9.17) is 36.9 Å². The van der Waals surface area contributed by atoms with Crippen LogP contribution in [0.15, 0.2) is 97.1 Å². The van der Waals surface area contributed by atoms with E-state index in [1.165, 1.54) is 20.7 Å². The van der Waals surface area contributed by atoms with E-state index in [0.717, 1.165) is 33.2 Å². The summed E-state index contributed by atoms with van der Waals surface area (Å²) in [5.41, 5.74) is 2.51. The summed E-state index contributed by atoms with van der Waals surface area (Å²) in [5, 5.41) is 41.2. The summed E-state index contributed by atoms with van der Waals surface area (Å²) in [6.45, 7) is 3.98. The number of nitrogens with one attached hydrogen (secondary N) is 1. The molecule has 51 heavy (non-hydrogen) atoms. The van der Waals surface area contributed by atoms with Crippen LogP contribution in [0.3, 0.4) is 0 Å². The van der Waals surface area contributed by atoms with Crippen molar-refractivity contribution in [2.24, 2.45) is 0 Å². The Morgan fingerprint density at radius 2 is 1.37 bits per heavy atom. The van der Waals surface area contributed by atoms with Gasteiger partial charge in [0.25, 0.3) is 0 Å². The first-order valence-electron chi connectivity index (χ1n) is 15.8. The first-order valence-corrected chi connectivity index (χ1v) is 16.1. The van der Waals surface area contributed by atoms with Gasteiger partial charge >= 0.3 is 35.6 Å². The standard InChI is InChI=1S/C14H14O3.C14H16O2.C11H9ClN4O.Na/c1-9(14(15)16)10-3-4-12-8-13(17-2)6-5-11(12)7-10;1-10(9-15)11-3-4-13-8-14(16-2)6-5-12(13)7-11;12-8-1-3-9(4-2-8)16-10(14)7-15(6-5-13)11(16)17;/h3-9H,1-2H3,(H,15,16);3-8,10,15H,9H2,1-2H3;1-4,14H,6-7H2;/q;;;+1/p-1/t9-;10-;;/m01../s1. The molecule has 1 fully saturated rings. The van der Waals surface area contributed by atoms with E-state index in [0.29, 0.717) is 10.7 Å². The minimum atomic E-state index is -1.06. The summed E-state index contributed by atoms with van der Waals surface area (Å²) in [7, 11) is 3.29. The number of urea groups is 1. The number of aliphatic hydroxyl groups excluding tert-OH is 1. The number of halogens is 1. The molecule has 0 saturated carbocycles. The summed E-state index contributed by atoms with van der Waals surface area (Å²) >= 11 is 5.76. The Bertz CT molecular complexity index is 2040. The van der Waals surface area contributed by atoms with Crippen molar-refractivity contribution in [3.63, 3.8) is 0 Å². The van der Waals surface area contributed by atoms with Crippen molar-refractivity contribution in [1.29, 1.82) is 10.7 Å². The predicted octanol–water partition coefficient (Wildman–Crippen LogP) is 3.73. The molecule has 1 saturated heterocycles. The number of carbonyl (C=O) groups is 2. The Morgan fingerprint density at radius 1 is 0.882 bits per heavy atom. The number of amides is 2. The molecule has 0 aliphatic carbocycles. The number of hydrogen-bond donors (Lipinski definition) is 2. The number of carbonyl (C=O) groups excluding carboxylic acids is 2. The molecule has 2 N–H and O–H groups in total. The van der Waals surface area contributed by atoms with Crippen molar-refractivity contribution in [3.8, 4) is 17.6 Å². The second kappa shape index (κ2) is 19.1. The topological polar surface area (TPSA) is 150 Å². The number of nitriles is 1. The maximum absolute atomic E-state index is 11.9. The van der Waals surface area contributed by atoms with Gasteiger partial charge in [-0.15, -0.1) is 0 Å². The number of amidine groups is 1. The number of aliphatic hydroxyl groups is 1. The number of fused-ring (bicyclic) bond motifs is 2. The summed E-state index contributed by atoms with van der Waals surface area (Å²) in [6.07, 6.45) is 0. The molecule has 1 aliphatic rings. The molecule has 10 nitrogen and oxygen atoms in total. The zero-order valence-corrected chi connectivity index (χ0v) is 32.0. The zero-order chi connectivity index (χ0) is 36.4. The van der Waals surface area contributed by atoms with Gasteiger partial charge in [-0.1, -0.05) is 74.0 Å². The van der Waals surface area contributed by atoms with E-state index < -0.39 is 11.9 Å². The van der Waals surface area contributed by atoms with Crippen LogP contribution in [0.25, 0.3) is 21.5 Å². The Labute approximate surface area is 324 Å². The number of ether oxygens (including phenoxy) is 2. The van der Waals surface area contributed by atoms with Crippen LogP contribution in [0.4, 0.5) is 10.5 Å². The fourth-order valence-electron chi connectivity index (χ4n) is 5.20. The van der Waals surface area contributed by atoms with Gasteiger partial charge in [0.1, 0.15) is 23.9 Å². The second-order valence-electron chi connectivity index (χ2n) is 11.6. The molecule has 5 aromatic rings. The second-order valence-corrected chi connectivity index (χ2v) is 12.1. The molecule has 258 valence electrons. The van der Waals surface area contributed by atoms with Gasteiger partial charge in [0, 0.05) is 29.4 Å². The summed E-state index contributed by atoms with van der Waals surface area (Å²) in [6, 6.07) is 31.7. The molecule has 6 rings (SSSR count).